The maximum Gasteiger partial charge on any atom is 0.190 e. The lowest BCUT2D eigenvalue weighted by Gasteiger charge is -2.60. The van der Waals surface area contributed by atoms with E-state index in [4.69, 9.17) is 4.74 Å². The molecule has 1 saturated heterocycles. The molecule has 5 aliphatic rings. The van der Waals surface area contributed by atoms with E-state index in [-0.39, 0.29) is 16.6 Å². The smallest absolute Gasteiger partial charge is 0.190 e. The van der Waals surface area contributed by atoms with Crippen molar-refractivity contribution in [1.82, 2.24) is 0 Å². The fourth-order valence-corrected chi connectivity index (χ4v) is 7.20. The van der Waals surface area contributed by atoms with Gasteiger partial charge in [-0.05, 0) is 68.4 Å². The molecule has 0 aromatic rings. The molecule has 1 spiro atoms. The minimum Gasteiger partial charge on any atom is -0.359 e. The van der Waals surface area contributed by atoms with Gasteiger partial charge in [0, 0.05) is 10.8 Å². The number of ether oxygens (including phenoxy) is 1. The van der Waals surface area contributed by atoms with E-state index in [1.165, 1.54) is 5.57 Å². The molecule has 5 rings (SSSR count). The molecule has 6 atom stereocenters. The highest BCUT2D eigenvalue weighted by molar-refractivity contribution is 6.01. The third-order valence-corrected chi connectivity index (χ3v) is 8.58. The molecule has 0 aromatic heterocycles. The summed E-state index contributed by atoms with van der Waals surface area (Å²) in [6.07, 6.45) is 12.3. The Morgan fingerprint density at radius 1 is 1.08 bits per heavy atom. The van der Waals surface area contributed by atoms with Crippen LogP contribution in [0.5, 0.6) is 0 Å². The summed E-state index contributed by atoms with van der Waals surface area (Å²) in [6, 6.07) is 0. The van der Waals surface area contributed by atoms with E-state index in [0.29, 0.717) is 30.1 Å². The third-order valence-electron chi connectivity index (χ3n) is 8.58. The molecule has 24 heavy (non-hydrogen) atoms. The standard InChI is InChI=1S/C21H26O3/c1-19-8-5-14(22)11-13(19)3-4-15-16(19)6-9-20(2)17(15)7-10-21(20)18(23)12-24-21/h5,8,11,15-17H,3-4,6-7,9-10,12H2,1-2H3. The molecule has 128 valence electrons. The number of ketones is 2. The Bertz CT molecular complexity index is 704. The molecule has 0 radical (unpaired) electrons. The lowest BCUT2D eigenvalue weighted by molar-refractivity contribution is -0.214. The van der Waals surface area contributed by atoms with Crippen molar-refractivity contribution in [3.8, 4) is 0 Å². The summed E-state index contributed by atoms with van der Waals surface area (Å²) in [4.78, 5) is 24.2. The minimum atomic E-state index is -0.460. The third kappa shape index (κ3) is 1.53. The van der Waals surface area contributed by atoms with Gasteiger partial charge in [-0.3, -0.25) is 9.59 Å². The van der Waals surface area contributed by atoms with Gasteiger partial charge in [-0.25, -0.2) is 0 Å². The van der Waals surface area contributed by atoms with Crippen LogP contribution in [0.25, 0.3) is 0 Å². The minimum absolute atomic E-state index is 0.0231. The fraction of sp³-hybridized carbons (Fsp3) is 0.714. The van der Waals surface area contributed by atoms with Crippen molar-refractivity contribution in [1.29, 1.82) is 0 Å². The molecule has 0 N–H and O–H groups in total. The summed E-state index contributed by atoms with van der Waals surface area (Å²) >= 11 is 0. The number of hydrogen-bond acceptors (Lipinski definition) is 3. The Kier molecular flexibility index (Phi) is 2.82. The lowest BCUT2D eigenvalue weighted by Crippen LogP contribution is -2.65. The van der Waals surface area contributed by atoms with E-state index in [1.807, 2.05) is 6.08 Å². The monoisotopic (exact) mass is 326 g/mol. The SMILES string of the molecule is CC12C=CC(=O)C=C1CCC1C2CCC2(C)C1CCC21OCC1=O. The topological polar surface area (TPSA) is 43.4 Å². The maximum absolute atomic E-state index is 12.4. The molecular weight excluding hydrogens is 300 g/mol. The first kappa shape index (κ1) is 15.1. The molecule has 1 heterocycles. The van der Waals surface area contributed by atoms with Gasteiger partial charge >= 0.3 is 0 Å². The Labute approximate surface area is 143 Å². The molecule has 3 heteroatoms. The van der Waals surface area contributed by atoms with E-state index in [0.717, 1.165) is 38.5 Å². The van der Waals surface area contributed by atoms with Gasteiger partial charge in [-0.1, -0.05) is 25.5 Å². The van der Waals surface area contributed by atoms with Gasteiger partial charge in [0.2, 0.25) is 0 Å². The Hall–Kier alpha value is -1.22. The number of rotatable bonds is 0. The average molecular weight is 326 g/mol. The summed E-state index contributed by atoms with van der Waals surface area (Å²) < 4.78 is 5.97. The van der Waals surface area contributed by atoms with Gasteiger partial charge in [0.1, 0.15) is 12.2 Å². The molecule has 0 bridgehead atoms. The number of Topliss-reactive ketones (excluding diaryl/α,β-unsaturated/α-hetero) is 1. The van der Waals surface area contributed by atoms with Crippen LogP contribution in [0.15, 0.2) is 23.8 Å². The van der Waals surface area contributed by atoms with E-state index in [1.54, 1.807) is 6.08 Å². The Balaban J connectivity index is 1.52. The zero-order valence-corrected chi connectivity index (χ0v) is 14.6. The summed E-state index contributed by atoms with van der Waals surface area (Å²) in [5.74, 6) is 2.34. The van der Waals surface area contributed by atoms with Gasteiger partial charge in [-0.15, -0.1) is 0 Å². The molecule has 0 aromatic carbocycles. The van der Waals surface area contributed by atoms with E-state index in [2.05, 4.69) is 19.9 Å². The second kappa shape index (κ2) is 4.49. The normalized spacial score (nSPS) is 52.4. The lowest BCUT2D eigenvalue weighted by atomic mass is 9.47. The van der Waals surface area contributed by atoms with Gasteiger partial charge in [0.25, 0.3) is 0 Å². The van der Waals surface area contributed by atoms with Crippen molar-refractivity contribution in [2.24, 2.45) is 28.6 Å². The molecule has 0 amide bonds. The average Bonchev–Trinajstić information content (AvgIpc) is 2.89. The molecular formula is C21H26O3. The van der Waals surface area contributed by atoms with Crippen LogP contribution >= 0.6 is 0 Å². The largest absolute Gasteiger partial charge is 0.359 e. The first-order chi connectivity index (χ1) is 11.4. The summed E-state index contributed by atoms with van der Waals surface area (Å²) in [5, 5.41) is 0. The highest BCUT2D eigenvalue weighted by Gasteiger charge is 2.70. The van der Waals surface area contributed by atoms with Gasteiger partial charge in [-0.2, -0.15) is 0 Å². The maximum atomic E-state index is 12.4. The second-order valence-corrected chi connectivity index (χ2v) is 9.14. The number of carbonyl (C=O) groups excluding carboxylic acids is 2. The van der Waals surface area contributed by atoms with Gasteiger partial charge in [0.15, 0.2) is 11.6 Å². The number of fused-ring (bicyclic) bond motifs is 6. The fourth-order valence-electron chi connectivity index (χ4n) is 7.20. The van der Waals surface area contributed by atoms with Crippen molar-refractivity contribution in [2.45, 2.75) is 58.0 Å². The predicted octanol–water partition coefficient (Wildman–Crippen LogP) is 3.63. The number of allylic oxidation sites excluding steroid dienone is 4. The first-order valence-corrected chi connectivity index (χ1v) is 9.52. The quantitative estimate of drug-likeness (QED) is 0.683. The summed E-state index contributed by atoms with van der Waals surface area (Å²) in [7, 11) is 0. The highest BCUT2D eigenvalue weighted by atomic mass is 16.5. The molecule has 4 fully saturated rings. The first-order valence-electron chi connectivity index (χ1n) is 9.52. The predicted molar refractivity (Wildman–Crippen MR) is 90.3 cm³/mol. The molecule has 3 nitrogen and oxygen atoms in total. The van der Waals surface area contributed by atoms with Gasteiger partial charge in [0.05, 0.1) is 0 Å². The van der Waals surface area contributed by atoms with Crippen LogP contribution in [0.2, 0.25) is 0 Å². The van der Waals surface area contributed by atoms with Crippen molar-refractivity contribution in [2.75, 3.05) is 6.61 Å². The van der Waals surface area contributed by atoms with Crippen LogP contribution in [0.4, 0.5) is 0 Å². The van der Waals surface area contributed by atoms with Crippen LogP contribution in [-0.4, -0.2) is 23.8 Å². The van der Waals surface area contributed by atoms with Crippen molar-refractivity contribution in [3.05, 3.63) is 23.8 Å². The molecule has 6 unspecified atom stereocenters. The number of carbonyl (C=O) groups is 2. The van der Waals surface area contributed by atoms with Crippen LogP contribution in [-0.2, 0) is 14.3 Å². The van der Waals surface area contributed by atoms with Crippen molar-refractivity contribution in [3.63, 3.8) is 0 Å². The summed E-state index contributed by atoms with van der Waals surface area (Å²) in [6.45, 7) is 4.98. The van der Waals surface area contributed by atoms with Crippen LogP contribution < -0.4 is 0 Å². The van der Waals surface area contributed by atoms with E-state index in [9.17, 15) is 9.59 Å². The second-order valence-electron chi connectivity index (χ2n) is 9.14. The van der Waals surface area contributed by atoms with Crippen LogP contribution in [0, 0.1) is 28.6 Å². The zero-order chi connectivity index (χ0) is 16.7. The van der Waals surface area contributed by atoms with Gasteiger partial charge < -0.3 is 4.74 Å². The van der Waals surface area contributed by atoms with Crippen LogP contribution in [0.1, 0.15) is 52.4 Å². The molecule has 4 aliphatic carbocycles. The summed E-state index contributed by atoms with van der Waals surface area (Å²) in [5.41, 5.74) is 0.939. The van der Waals surface area contributed by atoms with E-state index >= 15 is 0 Å². The zero-order valence-electron chi connectivity index (χ0n) is 14.6. The Morgan fingerprint density at radius 3 is 2.58 bits per heavy atom. The van der Waals surface area contributed by atoms with Crippen molar-refractivity contribution >= 4 is 11.6 Å². The van der Waals surface area contributed by atoms with Crippen LogP contribution in [0.3, 0.4) is 0 Å². The Morgan fingerprint density at radius 2 is 1.88 bits per heavy atom. The molecule has 3 saturated carbocycles. The van der Waals surface area contributed by atoms with Crippen molar-refractivity contribution < 1.29 is 14.3 Å². The molecule has 1 aliphatic heterocycles. The highest BCUT2D eigenvalue weighted by Crippen LogP contribution is 2.68. The van der Waals surface area contributed by atoms with E-state index < -0.39 is 5.60 Å². The number of hydrogen-bond donors (Lipinski definition) is 0.